The highest BCUT2D eigenvalue weighted by Crippen LogP contribution is 2.43. The molecule has 208 valence electrons. The third-order valence-electron chi connectivity index (χ3n) is 8.58. The standard InChI is InChI=1S/C35H49Br2N/c1-3-5-7-9-11-13-15-17-19-31(20-18-16-14-12-10-8-6-4-2)38-32-25-29(36)23-27-21-22-28-24-30(37)26-33(38)35(28)34(27)32/h21-26,31H,3-20H2,1-2H3. The molecule has 0 unspecified atom stereocenters. The van der Waals surface area contributed by atoms with E-state index in [1.807, 2.05) is 0 Å². The molecule has 38 heavy (non-hydrogen) atoms. The lowest BCUT2D eigenvalue weighted by Crippen LogP contribution is -2.09. The van der Waals surface area contributed by atoms with Crippen molar-refractivity contribution in [3.8, 4) is 0 Å². The predicted molar refractivity (Wildman–Crippen MR) is 177 cm³/mol. The smallest absolute Gasteiger partial charge is 0.0511 e. The molecule has 0 saturated carbocycles. The molecule has 0 atom stereocenters. The Balaban J connectivity index is 1.52. The fourth-order valence-corrected chi connectivity index (χ4v) is 7.47. The maximum Gasteiger partial charge on any atom is 0.0511 e. The van der Waals surface area contributed by atoms with Crippen molar-refractivity contribution in [2.75, 3.05) is 0 Å². The summed E-state index contributed by atoms with van der Waals surface area (Å²) in [7, 11) is 0. The first-order valence-corrected chi connectivity index (χ1v) is 17.4. The molecule has 0 aliphatic heterocycles. The van der Waals surface area contributed by atoms with Crippen LogP contribution >= 0.6 is 31.9 Å². The van der Waals surface area contributed by atoms with Crippen molar-refractivity contribution in [1.29, 1.82) is 0 Å². The number of nitrogens with zero attached hydrogens (tertiary/aromatic N) is 1. The van der Waals surface area contributed by atoms with E-state index in [0.29, 0.717) is 6.04 Å². The molecular formula is C35H49Br2N. The lowest BCUT2D eigenvalue weighted by molar-refractivity contribution is 0.409. The van der Waals surface area contributed by atoms with E-state index in [0.717, 1.165) is 0 Å². The van der Waals surface area contributed by atoms with Gasteiger partial charge in [0.2, 0.25) is 0 Å². The third kappa shape index (κ3) is 7.78. The molecular weight excluding hydrogens is 594 g/mol. The Morgan fingerprint density at radius 1 is 0.526 bits per heavy atom. The molecule has 3 heteroatoms. The van der Waals surface area contributed by atoms with E-state index >= 15 is 0 Å². The molecule has 0 aliphatic rings. The minimum atomic E-state index is 0.567. The fourth-order valence-electron chi connectivity index (χ4n) is 6.55. The van der Waals surface area contributed by atoms with E-state index in [4.69, 9.17) is 0 Å². The number of aromatic nitrogens is 1. The highest BCUT2D eigenvalue weighted by atomic mass is 79.9. The van der Waals surface area contributed by atoms with E-state index in [1.54, 1.807) is 0 Å². The summed E-state index contributed by atoms with van der Waals surface area (Å²) in [6.45, 7) is 4.61. The first-order chi connectivity index (χ1) is 18.6. The molecule has 0 amide bonds. The molecule has 1 nitrogen and oxygen atoms in total. The third-order valence-corrected chi connectivity index (χ3v) is 9.50. The van der Waals surface area contributed by atoms with Gasteiger partial charge in [0.15, 0.2) is 0 Å². The van der Waals surface area contributed by atoms with Gasteiger partial charge in [-0.05, 0) is 47.9 Å². The van der Waals surface area contributed by atoms with Crippen molar-refractivity contribution in [1.82, 2.24) is 4.57 Å². The Morgan fingerprint density at radius 3 is 1.29 bits per heavy atom. The van der Waals surface area contributed by atoms with Gasteiger partial charge < -0.3 is 4.57 Å². The van der Waals surface area contributed by atoms with Gasteiger partial charge in [0.05, 0.1) is 11.0 Å². The molecule has 1 heterocycles. The van der Waals surface area contributed by atoms with Gasteiger partial charge in [-0.3, -0.25) is 0 Å². The van der Waals surface area contributed by atoms with Gasteiger partial charge >= 0.3 is 0 Å². The van der Waals surface area contributed by atoms with E-state index in [1.165, 1.54) is 157 Å². The van der Waals surface area contributed by atoms with Gasteiger partial charge in [-0.1, -0.05) is 161 Å². The van der Waals surface area contributed by atoms with Gasteiger partial charge in [-0.15, -0.1) is 0 Å². The topological polar surface area (TPSA) is 4.93 Å². The van der Waals surface area contributed by atoms with Gasteiger partial charge in [-0.25, -0.2) is 0 Å². The molecule has 4 rings (SSSR count). The molecule has 0 radical (unpaired) electrons. The van der Waals surface area contributed by atoms with Crippen LogP contribution in [-0.2, 0) is 0 Å². The molecule has 0 bridgehead atoms. The predicted octanol–water partition coefficient (Wildman–Crippen LogP) is 13.5. The van der Waals surface area contributed by atoms with Crippen LogP contribution in [0.25, 0.3) is 32.6 Å². The average molecular weight is 644 g/mol. The number of hydrogen-bond acceptors (Lipinski definition) is 0. The van der Waals surface area contributed by atoms with E-state index in [-0.39, 0.29) is 0 Å². The molecule has 1 aromatic heterocycles. The largest absolute Gasteiger partial charge is 0.337 e. The minimum absolute atomic E-state index is 0.567. The summed E-state index contributed by atoms with van der Waals surface area (Å²) < 4.78 is 5.12. The van der Waals surface area contributed by atoms with E-state index in [9.17, 15) is 0 Å². The summed E-state index contributed by atoms with van der Waals surface area (Å²) in [6, 6.07) is 14.5. The monoisotopic (exact) mass is 641 g/mol. The number of benzene rings is 3. The highest BCUT2D eigenvalue weighted by molar-refractivity contribution is 9.10. The number of unbranched alkanes of at least 4 members (excludes halogenated alkanes) is 14. The Kier molecular flexibility index (Phi) is 12.3. The van der Waals surface area contributed by atoms with Crippen LogP contribution in [0.15, 0.2) is 45.3 Å². The molecule has 0 N–H and O–H groups in total. The summed E-state index contributed by atoms with van der Waals surface area (Å²) in [5.41, 5.74) is 2.83. The van der Waals surface area contributed by atoms with Crippen LogP contribution in [0.3, 0.4) is 0 Å². The molecule has 0 saturated heterocycles. The second kappa shape index (κ2) is 15.7. The second-order valence-corrected chi connectivity index (χ2v) is 13.5. The van der Waals surface area contributed by atoms with Crippen molar-refractivity contribution < 1.29 is 0 Å². The Labute approximate surface area is 248 Å². The zero-order valence-electron chi connectivity index (χ0n) is 24.0. The molecule has 3 aromatic carbocycles. The maximum absolute atomic E-state index is 3.84. The number of hydrogen-bond donors (Lipinski definition) is 0. The minimum Gasteiger partial charge on any atom is -0.337 e. The van der Waals surface area contributed by atoms with Crippen LogP contribution in [0.2, 0.25) is 0 Å². The number of rotatable bonds is 19. The average Bonchev–Trinajstić information content (AvgIpc) is 3.22. The first kappa shape index (κ1) is 29.9. The Morgan fingerprint density at radius 2 is 0.895 bits per heavy atom. The van der Waals surface area contributed by atoms with Crippen molar-refractivity contribution in [3.05, 3.63) is 45.3 Å². The van der Waals surface area contributed by atoms with Crippen LogP contribution in [0.5, 0.6) is 0 Å². The fraction of sp³-hybridized carbons (Fsp3) is 0.600. The second-order valence-electron chi connectivity index (χ2n) is 11.7. The van der Waals surface area contributed by atoms with Gasteiger partial charge in [0.1, 0.15) is 0 Å². The molecule has 0 aliphatic carbocycles. The molecule has 0 fully saturated rings. The molecule has 4 aromatic rings. The summed E-state index contributed by atoms with van der Waals surface area (Å²) in [5, 5.41) is 5.60. The number of halogens is 2. The Hall–Kier alpha value is -1.06. The summed E-state index contributed by atoms with van der Waals surface area (Å²) in [6.07, 6.45) is 24.8. The Bertz CT molecular complexity index is 1150. The van der Waals surface area contributed by atoms with Crippen LogP contribution in [0.4, 0.5) is 0 Å². The summed E-state index contributed by atoms with van der Waals surface area (Å²) in [4.78, 5) is 0. The van der Waals surface area contributed by atoms with Gasteiger partial charge in [-0.2, -0.15) is 0 Å². The van der Waals surface area contributed by atoms with Gasteiger partial charge in [0, 0.05) is 25.8 Å². The SMILES string of the molecule is CCCCCCCCCCC(CCCCCCCCCC)n1c2cc(Br)cc3ccc4cc(Br)cc1c4c32. The quantitative estimate of drug-likeness (QED) is 0.0708. The van der Waals surface area contributed by atoms with Crippen LogP contribution in [0, 0.1) is 0 Å². The maximum atomic E-state index is 3.84. The van der Waals surface area contributed by atoms with Crippen LogP contribution in [0.1, 0.15) is 135 Å². The first-order valence-electron chi connectivity index (χ1n) is 15.8. The van der Waals surface area contributed by atoms with Crippen molar-refractivity contribution in [2.24, 2.45) is 0 Å². The molecule has 0 spiro atoms. The lowest BCUT2D eigenvalue weighted by atomic mass is 9.99. The van der Waals surface area contributed by atoms with Crippen molar-refractivity contribution in [2.45, 2.75) is 135 Å². The highest BCUT2D eigenvalue weighted by Gasteiger charge is 2.22. The van der Waals surface area contributed by atoms with E-state index in [2.05, 4.69) is 86.7 Å². The van der Waals surface area contributed by atoms with Crippen molar-refractivity contribution in [3.63, 3.8) is 0 Å². The summed E-state index contributed by atoms with van der Waals surface area (Å²) >= 11 is 7.68. The van der Waals surface area contributed by atoms with Crippen LogP contribution < -0.4 is 0 Å². The van der Waals surface area contributed by atoms with Gasteiger partial charge in [0.25, 0.3) is 0 Å². The zero-order chi connectivity index (χ0) is 26.7. The van der Waals surface area contributed by atoms with Crippen LogP contribution in [-0.4, -0.2) is 4.57 Å². The lowest BCUT2D eigenvalue weighted by Gasteiger charge is -2.22. The normalized spacial score (nSPS) is 12.2. The van der Waals surface area contributed by atoms with E-state index < -0.39 is 0 Å². The zero-order valence-corrected chi connectivity index (χ0v) is 27.1. The van der Waals surface area contributed by atoms with Crippen molar-refractivity contribution >= 4 is 64.4 Å². The summed E-state index contributed by atoms with van der Waals surface area (Å²) in [5.74, 6) is 0.